The molecule has 3 rings (SSSR count). The molecule has 0 bridgehead atoms. The lowest BCUT2D eigenvalue weighted by molar-refractivity contribution is -0.122. The molecular formula is C19H25N3O. The number of hydrogen-bond donors (Lipinski definition) is 1. The number of carbonyl (C=O) groups is 1. The van der Waals surface area contributed by atoms with Gasteiger partial charge in [-0.15, -0.1) is 0 Å². The normalized spacial score (nSPS) is 17.7. The van der Waals surface area contributed by atoms with Crippen molar-refractivity contribution in [2.45, 2.75) is 32.9 Å². The first-order valence-electron chi connectivity index (χ1n) is 8.41. The molecule has 1 aliphatic rings. The Morgan fingerprint density at radius 1 is 1.26 bits per heavy atom. The Labute approximate surface area is 138 Å². The second-order valence-electron chi connectivity index (χ2n) is 6.26. The number of aryl methyl sites for hydroxylation is 1. The number of benzene rings is 1. The highest BCUT2D eigenvalue weighted by atomic mass is 16.2. The van der Waals surface area contributed by atoms with Crippen LogP contribution in [0.3, 0.4) is 0 Å². The van der Waals surface area contributed by atoms with Crippen LogP contribution in [0.1, 0.15) is 36.2 Å². The van der Waals surface area contributed by atoms with Crippen molar-refractivity contribution >= 4 is 5.91 Å². The van der Waals surface area contributed by atoms with Gasteiger partial charge in [0.15, 0.2) is 0 Å². The molecule has 0 fully saturated rings. The highest BCUT2D eigenvalue weighted by Gasteiger charge is 2.29. The van der Waals surface area contributed by atoms with E-state index < -0.39 is 0 Å². The van der Waals surface area contributed by atoms with Gasteiger partial charge in [0.1, 0.15) is 0 Å². The third kappa shape index (κ3) is 3.48. The maximum absolute atomic E-state index is 12.2. The van der Waals surface area contributed by atoms with Crippen LogP contribution in [0.5, 0.6) is 0 Å². The topological polar surface area (TPSA) is 37.3 Å². The number of rotatable bonds is 5. The SMILES string of the molecule is CCCNC(=O)CN1CCn2cccc2C1c1cccc(C)c1. The van der Waals surface area contributed by atoms with Gasteiger partial charge in [0.05, 0.1) is 12.6 Å². The summed E-state index contributed by atoms with van der Waals surface area (Å²) in [6, 6.07) is 13.0. The third-order valence-electron chi connectivity index (χ3n) is 4.41. The number of nitrogens with one attached hydrogen (secondary N) is 1. The van der Waals surface area contributed by atoms with Crippen LogP contribution in [0.4, 0.5) is 0 Å². The molecule has 1 aromatic heterocycles. The molecule has 0 radical (unpaired) electrons. The van der Waals surface area contributed by atoms with Crippen LogP contribution in [0.15, 0.2) is 42.6 Å². The molecule has 4 nitrogen and oxygen atoms in total. The molecule has 122 valence electrons. The lowest BCUT2D eigenvalue weighted by Crippen LogP contribution is -2.44. The van der Waals surface area contributed by atoms with Crippen LogP contribution in [-0.2, 0) is 11.3 Å². The molecule has 2 heterocycles. The Bertz CT molecular complexity index is 677. The smallest absolute Gasteiger partial charge is 0.234 e. The molecule has 0 saturated heterocycles. The molecule has 1 N–H and O–H groups in total. The number of aromatic nitrogens is 1. The van der Waals surface area contributed by atoms with E-state index in [0.717, 1.165) is 26.1 Å². The fourth-order valence-electron chi connectivity index (χ4n) is 3.33. The molecule has 0 spiro atoms. The summed E-state index contributed by atoms with van der Waals surface area (Å²) in [5.74, 6) is 0.115. The second-order valence-corrected chi connectivity index (χ2v) is 6.26. The molecule has 1 aliphatic heterocycles. The van der Waals surface area contributed by atoms with E-state index in [4.69, 9.17) is 0 Å². The lowest BCUT2D eigenvalue weighted by atomic mass is 9.98. The highest BCUT2D eigenvalue weighted by Crippen LogP contribution is 2.32. The minimum Gasteiger partial charge on any atom is -0.355 e. The zero-order valence-corrected chi connectivity index (χ0v) is 14.0. The summed E-state index contributed by atoms with van der Waals surface area (Å²) < 4.78 is 2.30. The van der Waals surface area contributed by atoms with E-state index in [9.17, 15) is 4.79 Å². The maximum atomic E-state index is 12.2. The standard InChI is InChI=1S/C19H25N3O/c1-3-9-20-18(23)14-22-12-11-21-10-5-8-17(21)19(22)16-7-4-6-15(2)13-16/h4-8,10,13,19H,3,9,11-12,14H2,1-2H3,(H,20,23). The minimum atomic E-state index is 0.115. The first-order chi connectivity index (χ1) is 11.2. The van der Waals surface area contributed by atoms with Crippen molar-refractivity contribution in [2.75, 3.05) is 19.6 Å². The van der Waals surface area contributed by atoms with Gasteiger partial charge in [0.25, 0.3) is 0 Å². The van der Waals surface area contributed by atoms with E-state index in [0.29, 0.717) is 6.54 Å². The van der Waals surface area contributed by atoms with Crippen LogP contribution in [0, 0.1) is 6.92 Å². The van der Waals surface area contributed by atoms with Crippen molar-refractivity contribution in [3.05, 3.63) is 59.4 Å². The van der Waals surface area contributed by atoms with Crippen molar-refractivity contribution in [3.63, 3.8) is 0 Å². The molecule has 0 aliphatic carbocycles. The third-order valence-corrected chi connectivity index (χ3v) is 4.41. The average Bonchev–Trinajstić information content (AvgIpc) is 3.01. The Kier molecular flexibility index (Phi) is 4.82. The second kappa shape index (κ2) is 7.01. The van der Waals surface area contributed by atoms with Gasteiger partial charge in [-0.2, -0.15) is 0 Å². The van der Waals surface area contributed by atoms with E-state index in [1.165, 1.54) is 16.8 Å². The Balaban J connectivity index is 1.88. The van der Waals surface area contributed by atoms with Crippen LogP contribution < -0.4 is 5.32 Å². The Morgan fingerprint density at radius 2 is 2.13 bits per heavy atom. The summed E-state index contributed by atoms with van der Waals surface area (Å²) in [6.07, 6.45) is 3.10. The number of amides is 1. The first-order valence-corrected chi connectivity index (χ1v) is 8.41. The molecule has 1 atom stereocenters. The van der Waals surface area contributed by atoms with Gasteiger partial charge in [-0.3, -0.25) is 9.69 Å². The zero-order valence-electron chi connectivity index (χ0n) is 14.0. The van der Waals surface area contributed by atoms with Gasteiger partial charge in [0.2, 0.25) is 5.91 Å². The van der Waals surface area contributed by atoms with Crippen molar-refractivity contribution in [1.29, 1.82) is 0 Å². The van der Waals surface area contributed by atoms with E-state index in [1.54, 1.807) is 0 Å². The van der Waals surface area contributed by atoms with E-state index in [1.807, 2.05) is 0 Å². The van der Waals surface area contributed by atoms with Crippen LogP contribution in [-0.4, -0.2) is 35.0 Å². The number of nitrogens with zero attached hydrogens (tertiary/aromatic N) is 2. The zero-order chi connectivity index (χ0) is 16.2. The highest BCUT2D eigenvalue weighted by molar-refractivity contribution is 5.78. The quantitative estimate of drug-likeness (QED) is 0.922. The molecule has 2 aromatic rings. The van der Waals surface area contributed by atoms with Gasteiger partial charge in [-0.25, -0.2) is 0 Å². The molecule has 1 unspecified atom stereocenters. The first kappa shape index (κ1) is 15.8. The van der Waals surface area contributed by atoms with E-state index >= 15 is 0 Å². The van der Waals surface area contributed by atoms with Crippen LogP contribution >= 0.6 is 0 Å². The van der Waals surface area contributed by atoms with Crippen LogP contribution in [0.25, 0.3) is 0 Å². The van der Waals surface area contributed by atoms with Crippen molar-refractivity contribution < 1.29 is 4.79 Å². The summed E-state index contributed by atoms with van der Waals surface area (Å²) in [7, 11) is 0. The average molecular weight is 311 g/mol. The van der Waals surface area contributed by atoms with Crippen molar-refractivity contribution in [2.24, 2.45) is 0 Å². The molecule has 1 amide bonds. The number of hydrogen-bond acceptors (Lipinski definition) is 2. The predicted octanol–water partition coefficient (Wildman–Crippen LogP) is 2.73. The van der Waals surface area contributed by atoms with Gasteiger partial charge in [-0.05, 0) is 31.0 Å². The molecule has 23 heavy (non-hydrogen) atoms. The summed E-state index contributed by atoms with van der Waals surface area (Å²) in [6.45, 7) is 7.21. The number of fused-ring (bicyclic) bond motifs is 1. The summed E-state index contributed by atoms with van der Waals surface area (Å²) in [5.41, 5.74) is 3.78. The van der Waals surface area contributed by atoms with Gasteiger partial charge in [-0.1, -0.05) is 36.8 Å². The van der Waals surface area contributed by atoms with Gasteiger partial charge >= 0.3 is 0 Å². The minimum absolute atomic E-state index is 0.115. The summed E-state index contributed by atoms with van der Waals surface area (Å²) in [5, 5.41) is 2.99. The molecular weight excluding hydrogens is 286 g/mol. The fourth-order valence-corrected chi connectivity index (χ4v) is 3.33. The van der Waals surface area contributed by atoms with E-state index in [2.05, 4.69) is 71.2 Å². The summed E-state index contributed by atoms with van der Waals surface area (Å²) in [4.78, 5) is 14.5. The fraction of sp³-hybridized carbons (Fsp3) is 0.421. The van der Waals surface area contributed by atoms with Crippen LogP contribution in [0.2, 0.25) is 0 Å². The monoisotopic (exact) mass is 311 g/mol. The van der Waals surface area contributed by atoms with Gasteiger partial charge in [0, 0.05) is 31.5 Å². The molecule has 1 aromatic carbocycles. The largest absolute Gasteiger partial charge is 0.355 e. The Morgan fingerprint density at radius 3 is 2.91 bits per heavy atom. The predicted molar refractivity (Wildman–Crippen MR) is 92.3 cm³/mol. The summed E-state index contributed by atoms with van der Waals surface area (Å²) >= 11 is 0. The molecule has 0 saturated carbocycles. The van der Waals surface area contributed by atoms with Crippen molar-refractivity contribution in [1.82, 2.24) is 14.8 Å². The van der Waals surface area contributed by atoms with Gasteiger partial charge < -0.3 is 9.88 Å². The van der Waals surface area contributed by atoms with Crippen molar-refractivity contribution in [3.8, 4) is 0 Å². The maximum Gasteiger partial charge on any atom is 0.234 e. The molecule has 4 heteroatoms. The Hall–Kier alpha value is -2.07. The lowest BCUT2D eigenvalue weighted by Gasteiger charge is -2.37. The number of carbonyl (C=O) groups excluding carboxylic acids is 1. The van der Waals surface area contributed by atoms with E-state index in [-0.39, 0.29) is 11.9 Å².